The molecule has 146 valence electrons. The van der Waals surface area contributed by atoms with E-state index in [-0.39, 0.29) is 30.9 Å². The summed E-state index contributed by atoms with van der Waals surface area (Å²) >= 11 is 0. The molecule has 3 saturated heterocycles. The summed E-state index contributed by atoms with van der Waals surface area (Å²) in [5.41, 5.74) is -0.695. The molecule has 1 atom stereocenters. The molecule has 3 heterocycles. The van der Waals surface area contributed by atoms with Crippen molar-refractivity contribution in [1.29, 1.82) is 0 Å². The largest absolute Gasteiger partial charge is 0.388 e. The van der Waals surface area contributed by atoms with Crippen LogP contribution in [0.5, 0.6) is 0 Å². The summed E-state index contributed by atoms with van der Waals surface area (Å²) in [5, 5.41) is 13.4. The lowest BCUT2D eigenvalue weighted by Gasteiger charge is -2.31. The summed E-state index contributed by atoms with van der Waals surface area (Å²) in [5.74, 6) is -0.188. The van der Waals surface area contributed by atoms with Crippen LogP contribution in [0.25, 0.3) is 0 Å². The average Bonchev–Trinajstić information content (AvgIpc) is 3.16. The van der Waals surface area contributed by atoms with E-state index in [1.165, 1.54) is 17.7 Å². The van der Waals surface area contributed by atoms with Crippen LogP contribution in [-0.2, 0) is 9.59 Å². The van der Waals surface area contributed by atoms with Crippen LogP contribution in [0.3, 0.4) is 0 Å². The highest BCUT2D eigenvalue weighted by atomic mass is 16.3. The van der Waals surface area contributed by atoms with E-state index in [2.05, 4.69) is 10.2 Å². The molecule has 8 nitrogen and oxygen atoms in total. The predicted octanol–water partition coefficient (Wildman–Crippen LogP) is 0.158. The van der Waals surface area contributed by atoms with Crippen LogP contribution in [0.15, 0.2) is 0 Å². The lowest BCUT2D eigenvalue weighted by Crippen LogP contribution is -2.43. The van der Waals surface area contributed by atoms with E-state index in [0.29, 0.717) is 38.9 Å². The van der Waals surface area contributed by atoms with Crippen molar-refractivity contribution in [2.45, 2.75) is 50.5 Å². The molecule has 0 aromatic carbocycles. The van der Waals surface area contributed by atoms with Crippen molar-refractivity contribution in [1.82, 2.24) is 20.0 Å². The van der Waals surface area contributed by atoms with Crippen molar-refractivity contribution in [3.8, 4) is 0 Å². The molecular weight excluding hydrogens is 336 g/mol. The maximum atomic E-state index is 12.5. The molecule has 26 heavy (non-hydrogen) atoms. The van der Waals surface area contributed by atoms with Crippen LogP contribution in [0.1, 0.15) is 44.9 Å². The third kappa shape index (κ3) is 4.73. The number of urea groups is 1. The number of carbonyl (C=O) groups is 3. The van der Waals surface area contributed by atoms with Crippen molar-refractivity contribution < 1.29 is 19.5 Å². The molecule has 0 unspecified atom stereocenters. The minimum absolute atomic E-state index is 0.0440. The molecule has 0 aromatic heterocycles. The zero-order chi connectivity index (χ0) is 18.6. The normalized spacial score (nSPS) is 27.7. The number of β-amino-alcohol motifs (C(OH)–C–C–N with tert-alkyl or cyclic N) is 1. The third-order valence-corrected chi connectivity index (χ3v) is 5.70. The standard InChI is InChI=1S/C18H30N4O4/c23-15(5-3-11-22-16(24)13-19-17(22)25)21-10-4-6-18(26,7-12-21)14-20-8-1-2-9-20/h26H,1-14H2,(H,19,25)/t18-/m0/s1. The highest BCUT2D eigenvalue weighted by Crippen LogP contribution is 2.25. The summed E-state index contributed by atoms with van der Waals surface area (Å²) in [4.78, 5) is 40.8. The Morgan fingerprint density at radius 1 is 1.08 bits per heavy atom. The second kappa shape index (κ2) is 8.35. The van der Waals surface area contributed by atoms with Crippen LogP contribution in [0.2, 0.25) is 0 Å². The van der Waals surface area contributed by atoms with Crippen molar-refractivity contribution in [2.24, 2.45) is 0 Å². The first-order valence-electron chi connectivity index (χ1n) is 9.78. The van der Waals surface area contributed by atoms with Crippen molar-refractivity contribution >= 4 is 17.8 Å². The molecule has 0 radical (unpaired) electrons. The van der Waals surface area contributed by atoms with Crippen LogP contribution in [0, 0.1) is 0 Å². The topological polar surface area (TPSA) is 93.2 Å². The molecule has 0 aliphatic carbocycles. The number of likely N-dealkylation sites (tertiary alicyclic amines) is 2. The molecule has 0 aromatic rings. The van der Waals surface area contributed by atoms with E-state index in [9.17, 15) is 19.5 Å². The second-order valence-electron chi connectivity index (χ2n) is 7.75. The first-order valence-corrected chi connectivity index (χ1v) is 9.78. The zero-order valence-electron chi connectivity index (χ0n) is 15.4. The number of hydrogen-bond acceptors (Lipinski definition) is 5. The van der Waals surface area contributed by atoms with E-state index in [4.69, 9.17) is 0 Å². The molecule has 8 heteroatoms. The van der Waals surface area contributed by atoms with Gasteiger partial charge in [0.2, 0.25) is 11.8 Å². The monoisotopic (exact) mass is 366 g/mol. The highest BCUT2D eigenvalue weighted by Gasteiger charge is 2.34. The van der Waals surface area contributed by atoms with Gasteiger partial charge in [-0.3, -0.25) is 14.5 Å². The molecule has 3 fully saturated rings. The zero-order valence-corrected chi connectivity index (χ0v) is 15.4. The smallest absolute Gasteiger partial charge is 0.324 e. The van der Waals surface area contributed by atoms with Crippen LogP contribution >= 0.6 is 0 Å². The highest BCUT2D eigenvalue weighted by molar-refractivity contribution is 6.01. The maximum absolute atomic E-state index is 12.5. The fourth-order valence-corrected chi connectivity index (χ4v) is 4.17. The van der Waals surface area contributed by atoms with Crippen molar-refractivity contribution in [2.75, 3.05) is 45.8 Å². The molecule has 0 bridgehead atoms. The number of amides is 4. The van der Waals surface area contributed by atoms with Crippen LogP contribution < -0.4 is 5.32 Å². The quantitative estimate of drug-likeness (QED) is 0.653. The van der Waals surface area contributed by atoms with Gasteiger partial charge in [0.15, 0.2) is 0 Å². The average molecular weight is 366 g/mol. The Morgan fingerprint density at radius 2 is 1.85 bits per heavy atom. The van der Waals surface area contributed by atoms with Gasteiger partial charge in [0.25, 0.3) is 0 Å². The summed E-state index contributed by atoms with van der Waals surface area (Å²) in [6.45, 7) is 4.41. The Kier molecular flexibility index (Phi) is 6.13. The predicted molar refractivity (Wildman–Crippen MR) is 95.4 cm³/mol. The number of carbonyl (C=O) groups excluding carboxylic acids is 3. The number of nitrogens with one attached hydrogen (secondary N) is 1. The first-order chi connectivity index (χ1) is 12.5. The molecule has 3 aliphatic rings. The molecule has 4 amide bonds. The lowest BCUT2D eigenvalue weighted by molar-refractivity contribution is -0.132. The van der Waals surface area contributed by atoms with E-state index in [1.54, 1.807) is 0 Å². The van der Waals surface area contributed by atoms with Crippen molar-refractivity contribution in [3.63, 3.8) is 0 Å². The van der Waals surface area contributed by atoms with Crippen LogP contribution in [0.4, 0.5) is 4.79 Å². The van der Waals surface area contributed by atoms with Gasteiger partial charge in [-0.1, -0.05) is 0 Å². The van der Waals surface area contributed by atoms with E-state index >= 15 is 0 Å². The number of nitrogens with zero attached hydrogens (tertiary/aromatic N) is 3. The van der Waals surface area contributed by atoms with Gasteiger partial charge in [0, 0.05) is 32.6 Å². The van der Waals surface area contributed by atoms with Crippen molar-refractivity contribution in [3.05, 3.63) is 0 Å². The van der Waals surface area contributed by atoms with Gasteiger partial charge in [-0.2, -0.15) is 0 Å². The van der Waals surface area contributed by atoms with Gasteiger partial charge in [0.05, 0.1) is 12.1 Å². The van der Waals surface area contributed by atoms with Gasteiger partial charge < -0.3 is 20.2 Å². The Bertz CT molecular complexity index is 533. The van der Waals surface area contributed by atoms with Gasteiger partial charge in [-0.15, -0.1) is 0 Å². The fourth-order valence-electron chi connectivity index (χ4n) is 4.17. The molecule has 0 saturated carbocycles. The minimum Gasteiger partial charge on any atom is -0.388 e. The summed E-state index contributed by atoms with van der Waals surface area (Å²) < 4.78 is 0. The number of hydrogen-bond donors (Lipinski definition) is 2. The maximum Gasteiger partial charge on any atom is 0.324 e. The van der Waals surface area contributed by atoms with E-state index < -0.39 is 5.60 Å². The first kappa shape index (κ1) is 19.1. The Balaban J connectivity index is 1.42. The van der Waals surface area contributed by atoms with Gasteiger partial charge in [-0.05, 0) is 51.6 Å². The second-order valence-corrected chi connectivity index (χ2v) is 7.75. The lowest BCUT2D eigenvalue weighted by atomic mass is 9.94. The summed E-state index contributed by atoms with van der Waals surface area (Å²) in [7, 11) is 0. The molecule has 0 spiro atoms. The van der Waals surface area contributed by atoms with E-state index in [0.717, 1.165) is 25.9 Å². The van der Waals surface area contributed by atoms with E-state index in [1.807, 2.05) is 4.90 Å². The Hall–Kier alpha value is -1.67. The number of aliphatic hydroxyl groups is 1. The molecule has 3 rings (SSSR count). The summed E-state index contributed by atoms with van der Waals surface area (Å²) in [6.07, 6.45) is 5.37. The van der Waals surface area contributed by atoms with Gasteiger partial charge in [-0.25, -0.2) is 4.79 Å². The fraction of sp³-hybridized carbons (Fsp3) is 0.833. The Labute approximate surface area is 154 Å². The van der Waals surface area contributed by atoms with Gasteiger partial charge >= 0.3 is 6.03 Å². The molecular formula is C18H30N4O4. The molecule has 2 N–H and O–H groups in total. The number of rotatable bonds is 6. The molecule has 3 aliphatic heterocycles. The third-order valence-electron chi connectivity index (χ3n) is 5.70. The van der Waals surface area contributed by atoms with Gasteiger partial charge in [0.1, 0.15) is 0 Å². The minimum atomic E-state index is -0.695. The SMILES string of the molecule is O=C(CCCN1C(=O)CNC1=O)N1CCC[C@@](O)(CN2CCCC2)CC1. The number of imide groups is 1. The Morgan fingerprint density at radius 3 is 2.54 bits per heavy atom. The van der Waals surface area contributed by atoms with Crippen LogP contribution in [-0.4, -0.2) is 89.1 Å². The summed E-state index contributed by atoms with van der Waals surface area (Å²) in [6, 6.07) is -0.371.